The lowest BCUT2D eigenvalue weighted by molar-refractivity contribution is -0.123. The van der Waals surface area contributed by atoms with Crippen LogP contribution in [0.2, 0.25) is 5.02 Å². The van der Waals surface area contributed by atoms with Crippen LogP contribution in [0.15, 0.2) is 47.6 Å². The van der Waals surface area contributed by atoms with Crippen LogP contribution in [0.25, 0.3) is 0 Å². The maximum Gasteiger partial charge on any atom is 0.262 e. The molecule has 0 aliphatic carbocycles. The Hall–Kier alpha value is -3.06. The van der Waals surface area contributed by atoms with Gasteiger partial charge >= 0.3 is 0 Å². The third-order valence-electron chi connectivity index (χ3n) is 4.23. The van der Waals surface area contributed by atoms with Gasteiger partial charge in [0.1, 0.15) is 6.04 Å². The van der Waals surface area contributed by atoms with E-state index in [-0.39, 0.29) is 11.8 Å². The number of ether oxygens (including phenoxy) is 2. The van der Waals surface area contributed by atoms with Gasteiger partial charge in [-0.05, 0) is 60.4 Å². The highest BCUT2D eigenvalue weighted by Crippen LogP contribution is 2.26. The molecule has 0 aliphatic heterocycles. The molecule has 0 heterocycles. The predicted molar refractivity (Wildman–Crippen MR) is 117 cm³/mol. The van der Waals surface area contributed by atoms with Gasteiger partial charge in [0.2, 0.25) is 0 Å². The van der Waals surface area contributed by atoms with Gasteiger partial charge in [0.05, 0.1) is 20.4 Å². The quantitative estimate of drug-likeness (QED) is 0.468. The number of nitrogens with zero attached hydrogens (tertiary/aromatic N) is 1. The zero-order valence-electron chi connectivity index (χ0n) is 17.4. The molecule has 30 heavy (non-hydrogen) atoms. The van der Waals surface area contributed by atoms with Gasteiger partial charge in [-0.1, -0.05) is 25.4 Å². The summed E-state index contributed by atoms with van der Waals surface area (Å²) in [4.78, 5) is 25.1. The van der Waals surface area contributed by atoms with E-state index in [9.17, 15) is 9.59 Å². The van der Waals surface area contributed by atoms with Crippen LogP contribution >= 0.6 is 11.6 Å². The Bertz CT molecular complexity index is 898. The van der Waals surface area contributed by atoms with Crippen molar-refractivity contribution >= 4 is 29.6 Å². The highest BCUT2D eigenvalue weighted by molar-refractivity contribution is 6.30. The first-order valence-electron chi connectivity index (χ1n) is 9.45. The van der Waals surface area contributed by atoms with E-state index in [1.807, 2.05) is 13.8 Å². The predicted octanol–water partition coefficient (Wildman–Crippen LogP) is 3.65. The molecule has 2 rings (SSSR count). The van der Waals surface area contributed by atoms with Crippen molar-refractivity contribution in [2.75, 3.05) is 14.2 Å². The summed E-state index contributed by atoms with van der Waals surface area (Å²) in [6, 6.07) is 11.0. The average Bonchev–Trinajstić information content (AvgIpc) is 2.73. The van der Waals surface area contributed by atoms with Crippen LogP contribution < -0.4 is 20.2 Å². The Morgan fingerprint density at radius 1 is 1.07 bits per heavy atom. The lowest BCUT2D eigenvalue weighted by Gasteiger charge is -2.19. The number of hydrazone groups is 1. The van der Waals surface area contributed by atoms with Crippen LogP contribution in [0.3, 0.4) is 0 Å². The number of carbonyl (C=O) groups excluding carboxylic acids is 2. The summed E-state index contributed by atoms with van der Waals surface area (Å²) in [5, 5.41) is 7.30. The highest BCUT2D eigenvalue weighted by atomic mass is 35.5. The molecule has 0 fully saturated rings. The first-order valence-corrected chi connectivity index (χ1v) is 9.83. The molecule has 160 valence electrons. The van der Waals surface area contributed by atoms with Crippen LogP contribution in [-0.4, -0.2) is 38.3 Å². The van der Waals surface area contributed by atoms with Crippen LogP contribution in [-0.2, 0) is 4.79 Å². The second-order valence-corrected chi connectivity index (χ2v) is 7.45. The maximum absolute atomic E-state index is 12.6. The number of amides is 2. The van der Waals surface area contributed by atoms with Gasteiger partial charge in [-0.2, -0.15) is 5.10 Å². The Morgan fingerprint density at radius 2 is 1.73 bits per heavy atom. The Kier molecular flexibility index (Phi) is 8.68. The minimum Gasteiger partial charge on any atom is -0.493 e. The minimum atomic E-state index is -0.726. The largest absolute Gasteiger partial charge is 0.493 e. The fourth-order valence-electron chi connectivity index (χ4n) is 2.73. The maximum atomic E-state index is 12.6. The molecule has 0 aromatic heterocycles. The molecule has 0 radical (unpaired) electrons. The van der Waals surface area contributed by atoms with Crippen molar-refractivity contribution < 1.29 is 19.1 Å². The van der Waals surface area contributed by atoms with Crippen LogP contribution in [0.4, 0.5) is 0 Å². The fraction of sp³-hybridized carbons (Fsp3) is 0.318. The van der Waals surface area contributed by atoms with E-state index in [4.69, 9.17) is 21.1 Å². The summed E-state index contributed by atoms with van der Waals surface area (Å²) >= 11 is 5.86. The molecule has 0 bridgehead atoms. The number of methoxy groups -OCH3 is 2. The lowest BCUT2D eigenvalue weighted by Crippen LogP contribution is -2.46. The molecule has 1 unspecified atom stereocenters. The molecule has 2 aromatic rings. The number of hydrogen-bond donors (Lipinski definition) is 2. The van der Waals surface area contributed by atoms with E-state index in [0.717, 1.165) is 5.56 Å². The number of benzene rings is 2. The van der Waals surface area contributed by atoms with E-state index in [1.54, 1.807) is 56.7 Å². The Morgan fingerprint density at radius 3 is 2.33 bits per heavy atom. The van der Waals surface area contributed by atoms with Gasteiger partial charge in [-0.25, -0.2) is 5.43 Å². The first-order chi connectivity index (χ1) is 14.3. The molecule has 2 amide bonds. The molecule has 8 heteroatoms. The summed E-state index contributed by atoms with van der Waals surface area (Å²) in [7, 11) is 3.10. The second kappa shape index (κ2) is 11.2. The van der Waals surface area contributed by atoms with Crippen molar-refractivity contribution in [2.45, 2.75) is 26.3 Å². The minimum absolute atomic E-state index is 0.195. The molecular formula is C22H26ClN3O4. The number of hydrogen-bond acceptors (Lipinski definition) is 5. The Balaban J connectivity index is 2.05. The van der Waals surface area contributed by atoms with E-state index in [1.165, 1.54) is 6.21 Å². The van der Waals surface area contributed by atoms with E-state index in [2.05, 4.69) is 15.8 Å². The zero-order valence-corrected chi connectivity index (χ0v) is 18.2. The normalized spacial score (nSPS) is 11.9. The number of rotatable bonds is 9. The monoisotopic (exact) mass is 431 g/mol. The van der Waals surface area contributed by atoms with E-state index in [0.29, 0.717) is 28.5 Å². The van der Waals surface area contributed by atoms with Crippen LogP contribution in [0.1, 0.15) is 36.2 Å². The third kappa shape index (κ3) is 6.77. The summed E-state index contributed by atoms with van der Waals surface area (Å²) in [5.41, 5.74) is 3.64. The van der Waals surface area contributed by atoms with Crippen LogP contribution in [0, 0.1) is 5.92 Å². The number of halogens is 1. The number of nitrogens with one attached hydrogen (secondary N) is 2. The summed E-state index contributed by atoms with van der Waals surface area (Å²) < 4.78 is 10.4. The van der Waals surface area contributed by atoms with Crippen molar-refractivity contribution in [3.63, 3.8) is 0 Å². The molecular weight excluding hydrogens is 406 g/mol. The molecule has 1 atom stereocenters. The van der Waals surface area contributed by atoms with Crippen molar-refractivity contribution in [3.05, 3.63) is 58.6 Å². The van der Waals surface area contributed by atoms with Crippen LogP contribution in [0.5, 0.6) is 11.5 Å². The molecule has 0 saturated carbocycles. The molecule has 0 spiro atoms. The number of carbonyl (C=O) groups is 2. The molecule has 0 saturated heterocycles. The van der Waals surface area contributed by atoms with Gasteiger partial charge in [-0.3, -0.25) is 9.59 Å². The smallest absolute Gasteiger partial charge is 0.262 e. The Labute approximate surface area is 181 Å². The SMILES string of the molecule is COc1ccc(/C=N/NC(=O)C(CC(C)C)NC(=O)c2ccc(Cl)cc2)cc1OC. The van der Waals surface area contributed by atoms with Gasteiger partial charge in [0, 0.05) is 10.6 Å². The van der Waals surface area contributed by atoms with Gasteiger partial charge < -0.3 is 14.8 Å². The molecule has 0 aliphatic rings. The third-order valence-corrected chi connectivity index (χ3v) is 4.48. The molecule has 2 aromatic carbocycles. The lowest BCUT2D eigenvalue weighted by atomic mass is 10.0. The summed E-state index contributed by atoms with van der Waals surface area (Å²) in [6.07, 6.45) is 1.96. The highest BCUT2D eigenvalue weighted by Gasteiger charge is 2.22. The van der Waals surface area contributed by atoms with E-state index < -0.39 is 11.9 Å². The average molecular weight is 432 g/mol. The van der Waals surface area contributed by atoms with Gasteiger partial charge in [-0.15, -0.1) is 0 Å². The van der Waals surface area contributed by atoms with Crippen molar-refractivity contribution in [1.29, 1.82) is 0 Å². The summed E-state index contributed by atoms with van der Waals surface area (Å²) in [6.45, 7) is 3.95. The van der Waals surface area contributed by atoms with Crippen molar-refractivity contribution in [2.24, 2.45) is 11.0 Å². The zero-order chi connectivity index (χ0) is 22.1. The first kappa shape index (κ1) is 23.2. The van der Waals surface area contributed by atoms with E-state index >= 15 is 0 Å². The fourth-order valence-corrected chi connectivity index (χ4v) is 2.85. The van der Waals surface area contributed by atoms with Gasteiger partial charge in [0.25, 0.3) is 11.8 Å². The standard InChI is InChI=1S/C22H26ClN3O4/c1-14(2)11-18(25-21(27)16-6-8-17(23)9-7-16)22(28)26-24-13-15-5-10-19(29-3)20(12-15)30-4/h5-10,12-14,18H,11H2,1-4H3,(H,25,27)(H,26,28)/b24-13+. The van der Waals surface area contributed by atoms with Gasteiger partial charge in [0.15, 0.2) is 11.5 Å². The molecule has 2 N–H and O–H groups in total. The summed E-state index contributed by atoms with van der Waals surface area (Å²) in [5.74, 6) is 0.599. The molecule has 7 nitrogen and oxygen atoms in total. The van der Waals surface area contributed by atoms with Crippen molar-refractivity contribution in [1.82, 2.24) is 10.7 Å². The topological polar surface area (TPSA) is 89.0 Å². The second-order valence-electron chi connectivity index (χ2n) is 7.01. The van der Waals surface area contributed by atoms with Crippen molar-refractivity contribution in [3.8, 4) is 11.5 Å².